The molecular weight excluding hydrogens is 332 g/mol. The summed E-state index contributed by atoms with van der Waals surface area (Å²) < 4.78 is 56.3. The number of halogens is 4. The minimum Gasteiger partial charge on any atom is -0.469 e. The number of carbonyl (C=O) groups is 2. The van der Waals surface area contributed by atoms with Gasteiger partial charge in [0.15, 0.2) is 0 Å². The number of benzene rings is 1. The van der Waals surface area contributed by atoms with Crippen molar-refractivity contribution in [1.29, 1.82) is 0 Å². The Kier molecular flexibility index (Phi) is 5.30. The Labute approximate surface area is 135 Å². The van der Waals surface area contributed by atoms with Gasteiger partial charge in [-0.15, -0.1) is 0 Å². The van der Waals surface area contributed by atoms with E-state index in [1.165, 1.54) is 7.11 Å². The first-order valence-electron chi connectivity index (χ1n) is 7.22. The number of anilines is 1. The molecule has 1 aromatic rings. The number of ether oxygens (including phenoxy) is 1. The molecule has 0 aliphatic heterocycles. The van der Waals surface area contributed by atoms with Crippen LogP contribution < -0.4 is 10.6 Å². The summed E-state index contributed by atoms with van der Waals surface area (Å²) in [6.07, 6.45) is -3.39. The molecule has 2 atom stereocenters. The topological polar surface area (TPSA) is 67.4 Å². The second-order valence-electron chi connectivity index (χ2n) is 5.52. The van der Waals surface area contributed by atoms with Crippen LogP contribution in [0.5, 0.6) is 0 Å². The zero-order valence-corrected chi connectivity index (χ0v) is 12.7. The maximum Gasteiger partial charge on any atom is 0.418 e. The highest BCUT2D eigenvalue weighted by atomic mass is 19.4. The molecule has 24 heavy (non-hydrogen) atoms. The lowest BCUT2D eigenvalue weighted by atomic mass is 10.1. The Morgan fingerprint density at radius 3 is 2.58 bits per heavy atom. The molecule has 2 rings (SSSR count). The summed E-state index contributed by atoms with van der Waals surface area (Å²) in [5, 5.41) is 4.59. The number of nitrogens with one attached hydrogen (secondary N) is 2. The molecule has 0 radical (unpaired) electrons. The second kappa shape index (κ2) is 7.06. The van der Waals surface area contributed by atoms with Crippen molar-refractivity contribution in [1.82, 2.24) is 5.32 Å². The molecule has 1 aliphatic rings. The molecular formula is C15H16F4N2O3. The van der Waals surface area contributed by atoms with Gasteiger partial charge in [0.25, 0.3) is 0 Å². The second-order valence-corrected chi connectivity index (χ2v) is 5.52. The van der Waals surface area contributed by atoms with E-state index in [1.54, 1.807) is 0 Å². The minimum atomic E-state index is -4.80. The van der Waals surface area contributed by atoms with E-state index in [2.05, 4.69) is 15.4 Å². The monoisotopic (exact) mass is 348 g/mol. The predicted molar refractivity (Wildman–Crippen MR) is 76.7 cm³/mol. The quantitative estimate of drug-likeness (QED) is 0.651. The molecule has 2 amide bonds. The molecule has 0 unspecified atom stereocenters. The highest BCUT2D eigenvalue weighted by molar-refractivity contribution is 5.90. The summed E-state index contributed by atoms with van der Waals surface area (Å²) in [6, 6.07) is 0.807. The van der Waals surface area contributed by atoms with E-state index in [0.717, 1.165) is 12.1 Å². The number of alkyl halides is 3. The van der Waals surface area contributed by atoms with Crippen LogP contribution in [-0.2, 0) is 15.7 Å². The van der Waals surface area contributed by atoms with E-state index >= 15 is 0 Å². The number of urea groups is 1. The summed E-state index contributed by atoms with van der Waals surface area (Å²) in [6.45, 7) is 0. The highest BCUT2D eigenvalue weighted by Gasteiger charge is 2.35. The van der Waals surface area contributed by atoms with Gasteiger partial charge in [0.1, 0.15) is 5.82 Å². The zero-order chi connectivity index (χ0) is 17.9. The molecule has 9 heteroatoms. The highest BCUT2D eigenvalue weighted by Crippen LogP contribution is 2.35. The van der Waals surface area contributed by atoms with Gasteiger partial charge in [0.2, 0.25) is 0 Å². The van der Waals surface area contributed by atoms with Crippen LogP contribution in [0.4, 0.5) is 28.0 Å². The molecule has 0 aromatic heterocycles. The van der Waals surface area contributed by atoms with E-state index in [0.29, 0.717) is 25.3 Å². The van der Waals surface area contributed by atoms with Crippen LogP contribution in [0.3, 0.4) is 0 Å². The van der Waals surface area contributed by atoms with Crippen molar-refractivity contribution in [2.24, 2.45) is 5.92 Å². The first kappa shape index (κ1) is 18.0. The predicted octanol–water partition coefficient (Wildman–Crippen LogP) is 3.31. The molecule has 1 fully saturated rings. The summed E-state index contributed by atoms with van der Waals surface area (Å²) in [4.78, 5) is 23.3. The minimum absolute atomic E-state index is 0.318. The van der Waals surface area contributed by atoms with E-state index in [1.807, 2.05) is 0 Å². The van der Waals surface area contributed by atoms with Crippen molar-refractivity contribution < 1.29 is 31.9 Å². The fourth-order valence-corrected chi connectivity index (χ4v) is 2.70. The Morgan fingerprint density at radius 1 is 1.25 bits per heavy atom. The molecule has 1 saturated carbocycles. The van der Waals surface area contributed by atoms with Gasteiger partial charge >= 0.3 is 18.2 Å². The first-order chi connectivity index (χ1) is 11.2. The molecule has 0 bridgehead atoms. The Morgan fingerprint density at radius 2 is 1.96 bits per heavy atom. The molecule has 1 aliphatic carbocycles. The number of amides is 2. The van der Waals surface area contributed by atoms with Crippen LogP contribution >= 0.6 is 0 Å². The normalized spacial score (nSPS) is 20.5. The van der Waals surface area contributed by atoms with Gasteiger partial charge in [0, 0.05) is 6.04 Å². The molecule has 0 spiro atoms. The van der Waals surface area contributed by atoms with Crippen molar-refractivity contribution >= 4 is 17.7 Å². The van der Waals surface area contributed by atoms with Crippen molar-refractivity contribution in [3.8, 4) is 0 Å². The van der Waals surface area contributed by atoms with Crippen LogP contribution in [-0.4, -0.2) is 25.2 Å². The fourth-order valence-electron chi connectivity index (χ4n) is 2.70. The Hall–Kier alpha value is -2.32. The molecule has 1 aromatic carbocycles. The van der Waals surface area contributed by atoms with Gasteiger partial charge in [-0.2, -0.15) is 13.2 Å². The smallest absolute Gasteiger partial charge is 0.418 e. The van der Waals surface area contributed by atoms with Crippen LogP contribution in [0, 0.1) is 11.7 Å². The largest absolute Gasteiger partial charge is 0.469 e. The van der Waals surface area contributed by atoms with Crippen molar-refractivity contribution in [2.45, 2.75) is 31.5 Å². The van der Waals surface area contributed by atoms with Crippen molar-refractivity contribution in [3.05, 3.63) is 29.6 Å². The van der Waals surface area contributed by atoms with Crippen LogP contribution in [0.1, 0.15) is 24.8 Å². The summed E-state index contributed by atoms with van der Waals surface area (Å²) in [5.74, 6) is -1.76. The van der Waals surface area contributed by atoms with Gasteiger partial charge in [-0.3, -0.25) is 4.79 Å². The average molecular weight is 348 g/mol. The van der Waals surface area contributed by atoms with Gasteiger partial charge in [0.05, 0.1) is 24.3 Å². The standard InChI is InChI=1S/C15H16F4N2O3/c1-24-13(22)8-2-4-10(6-8)20-14(23)21-12-5-3-9(16)7-11(12)15(17,18)19/h3,5,7-8,10H,2,4,6H2,1H3,(H2,20,21,23)/t8-,10+/m0/s1. The third-order valence-corrected chi connectivity index (χ3v) is 3.84. The van der Waals surface area contributed by atoms with Crippen LogP contribution in [0.15, 0.2) is 18.2 Å². The average Bonchev–Trinajstić information content (AvgIpc) is 2.95. The lowest BCUT2D eigenvalue weighted by molar-refractivity contribution is -0.145. The number of hydrogen-bond donors (Lipinski definition) is 2. The van der Waals surface area contributed by atoms with Gasteiger partial charge in [-0.25, -0.2) is 9.18 Å². The molecule has 132 valence electrons. The molecule has 0 heterocycles. The summed E-state index contributed by atoms with van der Waals surface area (Å²) >= 11 is 0. The third-order valence-electron chi connectivity index (χ3n) is 3.84. The van der Waals surface area contributed by atoms with E-state index in [-0.39, 0.29) is 17.9 Å². The number of rotatable bonds is 3. The Balaban J connectivity index is 2.00. The fraction of sp³-hybridized carbons (Fsp3) is 0.467. The maximum atomic E-state index is 13.0. The van der Waals surface area contributed by atoms with Gasteiger partial charge < -0.3 is 15.4 Å². The Bertz CT molecular complexity index is 634. The maximum absolute atomic E-state index is 13.0. The van der Waals surface area contributed by atoms with E-state index in [9.17, 15) is 27.2 Å². The van der Waals surface area contributed by atoms with Crippen molar-refractivity contribution in [2.75, 3.05) is 12.4 Å². The number of carbonyl (C=O) groups excluding carboxylic acids is 2. The summed E-state index contributed by atoms with van der Waals surface area (Å²) in [7, 11) is 1.27. The first-order valence-corrected chi connectivity index (χ1v) is 7.22. The van der Waals surface area contributed by atoms with Gasteiger partial charge in [-0.1, -0.05) is 0 Å². The number of methoxy groups -OCH3 is 1. The molecule has 2 N–H and O–H groups in total. The SMILES string of the molecule is COC(=O)[C@H]1CC[C@@H](NC(=O)Nc2ccc(F)cc2C(F)(F)F)C1. The van der Waals surface area contributed by atoms with Crippen LogP contribution in [0.25, 0.3) is 0 Å². The van der Waals surface area contributed by atoms with Crippen molar-refractivity contribution in [3.63, 3.8) is 0 Å². The number of hydrogen-bond acceptors (Lipinski definition) is 3. The lowest BCUT2D eigenvalue weighted by Crippen LogP contribution is -2.37. The molecule has 5 nitrogen and oxygen atoms in total. The van der Waals surface area contributed by atoms with E-state index in [4.69, 9.17) is 0 Å². The lowest BCUT2D eigenvalue weighted by Gasteiger charge is -2.17. The molecule has 0 saturated heterocycles. The summed E-state index contributed by atoms with van der Waals surface area (Å²) in [5.41, 5.74) is -1.81. The van der Waals surface area contributed by atoms with Gasteiger partial charge in [-0.05, 0) is 37.5 Å². The third kappa shape index (κ3) is 4.36. The van der Waals surface area contributed by atoms with Crippen LogP contribution in [0.2, 0.25) is 0 Å². The van der Waals surface area contributed by atoms with E-state index < -0.39 is 29.3 Å². The number of esters is 1. The zero-order valence-electron chi connectivity index (χ0n) is 12.7.